The Bertz CT molecular complexity index is 1200. The molecule has 3 N–H and O–H groups in total. The summed E-state index contributed by atoms with van der Waals surface area (Å²) in [6.07, 6.45) is -2.93. The molecular weight excluding hydrogens is 388 g/mol. The molecule has 4 rings (SSSR count). The number of nitrogens with zero attached hydrogens (tertiary/aromatic N) is 4. The molecule has 29 heavy (non-hydrogen) atoms. The van der Waals surface area contributed by atoms with E-state index in [-0.39, 0.29) is 11.8 Å². The van der Waals surface area contributed by atoms with Crippen LogP contribution in [0.25, 0.3) is 16.8 Å². The van der Waals surface area contributed by atoms with Crippen molar-refractivity contribution >= 4 is 23.0 Å². The van der Waals surface area contributed by atoms with Crippen molar-refractivity contribution in [3.05, 3.63) is 65.7 Å². The summed E-state index contributed by atoms with van der Waals surface area (Å²) >= 11 is 0. The molecule has 3 aromatic heterocycles. The Hall–Kier alpha value is -3.69. The molecule has 0 amide bonds. The predicted octanol–water partition coefficient (Wildman–Crippen LogP) is 4.58. The van der Waals surface area contributed by atoms with E-state index in [0.717, 1.165) is 12.1 Å². The highest BCUT2D eigenvalue weighted by Gasteiger charge is 2.30. The summed E-state index contributed by atoms with van der Waals surface area (Å²) in [6, 6.07) is 8.58. The number of fused-ring (bicyclic) bond motifs is 1. The number of alkyl halides is 3. The van der Waals surface area contributed by atoms with Crippen LogP contribution in [0.5, 0.6) is 0 Å². The lowest BCUT2D eigenvalue weighted by Crippen LogP contribution is -2.05. The first-order valence-electron chi connectivity index (χ1n) is 8.44. The molecule has 0 saturated carbocycles. The molecule has 0 radical (unpaired) electrons. The molecule has 1 aromatic carbocycles. The fourth-order valence-corrected chi connectivity index (χ4v) is 2.98. The summed E-state index contributed by atoms with van der Waals surface area (Å²) in [4.78, 5) is 8.45. The molecule has 10 heteroatoms. The van der Waals surface area contributed by atoms with Gasteiger partial charge in [0.15, 0.2) is 0 Å². The highest BCUT2D eigenvalue weighted by atomic mass is 19.4. The Labute approximate surface area is 162 Å². The number of anilines is 3. The molecule has 0 fully saturated rings. The second kappa shape index (κ2) is 6.73. The topological polar surface area (TPSA) is 81.1 Å². The number of rotatable bonds is 3. The van der Waals surface area contributed by atoms with Crippen LogP contribution in [0.3, 0.4) is 0 Å². The standard InChI is InChI=1S/C19H14F4N6/c1-10-17(15-8-12(20)6-7-29(15)28-10)14-9-16(24)27-18(26-14)25-13-4-2-11(3-5-13)19(21,22)23/h2-9H,1H3,(H3,24,25,26,27). The van der Waals surface area contributed by atoms with Crippen LogP contribution in [0.2, 0.25) is 0 Å². The van der Waals surface area contributed by atoms with Crippen LogP contribution in [-0.2, 0) is 6.18 Å². The fourth-order valence-electron chi connectivity index (χ4n) is 2.98. The summed E-state index contributed by atoms with van der Waals surface area (Å²) in [5.74, 6) is -0.196. The number of nitrogen functional groups attached to an aromatic ring is 1. The average molecular weight is 402 g/mol. The van der Waals surface area contributed by atoms with Crippen LogP contribution < -0.4 is 11.1 Å². The number of nitrogens with one attached hydrogen (secondary N) is 1. The number of aryl methyl sites for hydroxylation is 1. The monoisotopic (exact) mass is 402 g/mol. The summed E-state index contributed by atoms with van der Waals surface area (Å²) in [7, 11) is 0. The van der Waals surface area contributed by atoms with E-state index >= 15 is 0 Å². The maximum Gasteiger partial charge on any atom is 0.416 e. The SMILES string of the molecule is Cc1nn2ccc(F)cc2c1-c1cc(N)nc(Nc2ccc(C(F)(F)F)cc2)n1. The van der Waals surface area contributed by atoms with Crippen molar-refractivity contribution < 1.29 is 17.6 Å². The van der Waals surface area contributed by atoms with Gasteiger partial charge in [-0.15, -0.1) is 0 Å². The van der Waals surface area contributed by atoms with E-state index in [1.165, 1.54) is 41.0 Å². The Balaban J connectivity index is 1.72. The molecule has 0 aliphatic heterocycles. The van der Waals surface area contributed by atoms with Gasteiger partial charge < -0.3 is 11.1 Å². The number of hydrogen-bond donors (Lipinski definition) is 2. The zero-order valence-electron chi connectivity index (χ0n) is 15.0. The quantitative estimate of drug-likeness (QED) is 0.490. The molecule has 0 bridgehead atoms. The normalized spacial score (nSPS) is 11.8. The van der Waals surface area contributed by atoms with Crippen LogP contribution in [0.1, 0.15) is 11.3 Å². The van der Waals surface area contributed by atoms with E-state index in [4.69, 9.17) is 5.73 Å². The Morgan fingerprint density at radius 1 is 1.03 bits per heavy atom. The van der Waals surface area contributed by atoms with Gasteiger partial charge in [0.2, 0.25) is 5.95 Å². The van der Waals surface area contributed by atoms with Crippen LogP contribution >= 0.6 is 0 Å². The zero-order chi connectivity index (χ0) is 20.8. The molecule has 0 aliphatic carbocycles. The van der Waals surface area contributed by atoms with Gasteiger partial charge in [0, 0.05) is 29.6 Å². The second-order valence-corrected chi connectivity index (χ2v) is 6.34. The molecule has 6 nitrogen and oxygen atoms in total. The molecular formula is C19H14F4N6. The number of benzene rings is 1. The maximum absolute atomic E-state index is 13.7. The molecule has 0 spiro atoms. The van der Waals surface area contributed by atoms with Crippen molar-refractivity contribution in [1.82, 2.24) is 19.6 Å². The summed E-state index contributed by atoms with van der Waals surface area (Å²) in [6.45, 7) is 1.75. The van der Waals surface area contributed by atoms with Crippen molar-refractivity contribution in [2.45, 2.75) is 13.1 Å². The van der Waals surface area contributed by atoms with Gasteiger partial charge in [-0.1, -0.05) is 0 Å². The summed E-state index contributed by atoms with van der Waals surface area (Å²) in [5.41, 5.74) is 7.57. The molecule has 0 saturated heterocycles. The van der Waals surface area contributed by atoms with Gasteiger partial charge in [0.1, 0.15) is 11.6 Å². The van der Waals surface area contributed by atoms with E-state index in [2.05, 4.69) is 20.4 Å². The maximum atomic E-state index is 13.7. The number of nitrogens with two attached hydrogens (primary N) is 1. The van der Waals surface area contributed by atoms with Gasteiger partial charge in [-0.25, -0.2) is 13.9 Å². The van der Waals surface area contributed by atoms with Gasteiger partial charge in [-0.05, 0) is 37.3 Å². The molecule has 0 unspecified atom stereocenters. The van der Waals surface area contributed by atoms with Gasteiger partial charge >= 0.3 is 6.18 Å². The van der Waals surface area contributed by atoms with E-state index in [0.29, 0.717) is 28.2 Å². The van der Waals surface area contributed by atoms with E-state index < -0.39 is 17.6 Å². The smallest absolute Gasteiger partial charge is 0.384 e. The fraction of sp³-hybridized carbons (Fsp3) is 0.105. The highest BCUT2D eigenvalue weighted by molar-refractivity contribution is 5.82. The first kappa shape index (κ1) is 18.7. The van der Waals surface area contributed by atoms with E-state index in [9.17, 15) is 17.6 Å². The number of pyridine rings is 1. The highest BCUT2D eigenvalue weighted by Crippen LogP contribution is 2.31. The van der Waals surface area contributed by atoms with Crippen LogP contribution in [0.4, 0.5) is 35.0 Å². The van der Waals surface area contributed by atoms with Gasteiger partial charge in [0.05, 0.1) is 22.5 Å². The van der Waals surface area contributed by atoms with E-state index in [1.54, 1.807) is 6.92 Å². The Morgan fingerprint density at radius 2 is 1.76 bits per heavy atom. The molecule has 0 atom stereocenters. The molecule has 148 valence electrons. The van der Waals surface area contributed by atoms with Gasteiger partial charge in [-0.3, -0.25) is 0 Å². The Kier molecular flexibility index (Phi) is 4.33. The van der Waals surface area contributed by atoms with Crippen molar-refractivity contribution in [3.8, 4) is 11.3 Å². The lowest BCUT2D eigenvalue weighted by Gasteiger charge is -2.10. The van der Waals surface area contributed by atoms with Crippen LogP contribution in [0, 0.1) is 12.7 Å². The number of halogens is 4. The number of hydrogen-bond acceptors (Lipinski definition) is 5. The first-order valence-corrected chi connectivity index (χ1v) is 8.44. The second-order valence-electron chi connectivity index (χ2n) is 6.34. The minimum absolute atomic E-state index is 0.0925. The van der Waals surface area contributed by atoms with Crippen molar-refractivity contribution in [2.75, 3.05) is 11.1 Å². The lowest BCUT2D eigenvalue weighted by atomic mass is 10.1. The van der Waals surface area contributed by atoms with Crippen molar-refractivity contribution in [1.29, 1.82) is 0 Å². The molecule has 0 aliphatic rings. The number of aromatic nitrogens is 4. The largest absolute Gasteiger partial charge is 0.416 e. The Morgan fingerprint density at radius 3 is 2.45 bits per heavy atom. The van der Waals surface area contributed by atoms with Crippen molar-refractivity contribution in [3.63, 3.8) is 0 Å². The predicted molar refractivity (Wildman–Crippen MR) is 100 cm³/mol. The molecule has 4 aromatic rings. The minimum atomic E-state index is -4.42. The summed E-state index contributed by atoms with van der Waals surface area (Å²) < 4.78 is 53.4. The summed E-state index contributed by atoms with van der Waals surface area (Å²) in [5, 5.41) is 7.16. The first-order chi connectivity index (χ1) is 13.7. The van der Waals surface area contributed by atoms with Crippen molar-refractivity contribution in [2.24, 2.45) is 0 Å². The third-order valence-corrected chi connectivity index (χ3v) is 4.24. The average Bonchev–Trinajstić information content (AvgIpc) is 2.96. The third-order valence-electron chi connectivity index (χ3n) is 4.24. The van der Waals surface area contributed by atoms with Gasteiger partial charge in [0.25, 0.3) is 0 Å². The van der Waals surface area contributed by atoms with Gasteiger partial charge in [-0.2, -0.15) is 23.3 Å². The van der Waals surface area contributed by atoms with Crippen LogP contribution in [0.15, 0.2) is 48.7 Å². The zero-order valence-corrected chi connectivity index (χ0v) is 15.0. The van der Waals surface area contributed by atoms with E-state index in [1.807, 2.05) is 0 Å². The van der Waals surface area contributed by atoms with Crippen LogP contribution in [-0.4, -0.2) is 19.6 Å². The third kappa shape index (κ3) is 3.68. The lowest BCUT2D eigenvalue weighted by molar-refractivity contribution is -0.137. The molecule has 3 heterocycles. The minimum Gasteiger partial charge on any atom is -0.384 e.